The lowest BCUT2D eigenvalue weighted by Gasteiger charge is -2.44. The zero-order valence-corrected chi connectivity index (χ0v) is 13.7. The van der Waals surface area contributed by atoms with Gasteiger partial charge < -0.3 is 5.32 Å². The maximum atomic E-state index is 3.70. The first-order valence-corrected chi connectivity index (χ1v) is 7.99. The van der Waals surface area contributed by atoms with Gasteiger partial charge in [-0.25, -0.2) is 0 Å². The van der Waals surface area contributed by atoms with Crippen molar-refractivity contribution in [2.45, 2.75) is 11.8 Å². The molecule has 0 amide bonds. The third-order valence-electron chi connectivity index (χ3n) is 3.86. The number of nitrogens with one attached hydrogen (secondary N) is 1. The fourth-order valence-corrected chi connectivity index (χ4v) is 3.87. The van der Waals surface area contributed by atoms with Gasteiger partial charge in [0.25, 0.3) is 0 Å². The van der Waals surface area contributed by atoms with Gasteiger partial charge in [0.2, 0.25) is 0 Å². The first kappa shape index (κ1) is 13.3. The molecule has 1 heterocycles. The number of benzene rings is 2. The quantitative estimate of drug-likeness (QED) is 0.837. The summed E-state index contributed by atoms with van der Waals surface area (Å²) in [7, 11) is 0. The van der Waals surface area contributed by atoms with Gasteiger partial charge in [0.05, 0.1) is 0 Å². The number of halogens is 2. The summed E-state index contributed by atoms with van der Waals surface area (Å²) in [6.45, 7) is 2.08. The van der Waals surface area contributed by atoms with Gasteiger partial charge in [0, 0.05) is 27.4 Å². The molecular weight excluding hydrogens is 366 g/mol. The normalized spacial score (nSPS) is 16.9. The van der Waals surface area contributed by atoms with E-state index in [4.69, 9.17) is 0 Å². The molecule has 1 aliphatic heterocycles. The van der Waals surface area contributed by atoms with Gasteiger partial charge in [-0.1, -0.05) is 68.3 Å². The Balaban J connectivity index is 1.97. The molecule has 0 bridgehead atoms. The molecule has 3 heteroatoms. The van der Waals surface area contributed by atoms with E-state index in [2.05, 4.69) is 85.7 Å². The Labute approximate surface area is 130 Å². The maximum Gasteiger partial charge on any atom is 0.0254 e. The van der Waals surface area contributed by atoms with E-state index in [1.165, 1.54) is 20.1 Å². The van der Waals surface area contributed by atoms with Gasteiger partial charge in [0.1, 0.15) is 0 Å². The number of hydrogen-bond donors (Lipinski definition) is 1. The smallest absolute Gasteiger partial charge is 0.0254 e. The van der Waals surface area contributed by atoms with Crippen LogP contribution in [-0.2, 0) is 11.8 Å². The second-order valence-corrected chi connectivity index (χ2v) is 6.84. The summed E-state index contributed by atoms with van der Waals surface area (Å²) in [5, 5.41) is 3.43. The number of rotatable bonds is 3. The van der Waals surface area contributed by atoms with Crippen molar-refractivity contribution in [3.8, 4) is 0 Å². The largest absolute Gasteiger partial charge is 0.315 e. The highest BCUT2D eigenvalue weighted by atomic mass is 79.9. The average molecular weight is 381 g/mol. The summed E-state index contributed by atoms with van der Waals surface area (Å²) in [6, 6.07) is 17.1. The summed E-state index contributed by atoms with van der Waals surface area (Å²) in [6.07, 6.45) is 1.06. The molecular formula is C16H15Br2N. The van der Waals surface area contributed by atoms with E-state index in [-0.39, 0.29) is 5.41 Å². The zero-order valence-electron chi connectivity index (χ0n) is 10.5. The Morgan fingerprint density at radius 1 is 0.895 bits per heavy atom. The lowest BCUT2D eigenvalue weighted by molar-refractivity contribution is 0.273. The lowest BCUT2D eigenvalue weighted by atomic mass is 9.71. The van der Waals surface area contributed by atoms with Gasteiger partial charge in [-0.2, -0.15) is 0 Å². The molecule has 0 unspecified atom stereocenters. The summed E-state index contributed by atoms with van der Waals surface area (Å²) >= 11 is 7.36. The van der Waals surface area contributed by atoms with Crippen molar-refractivity contribution in [2.75, 3.05) is 13.1 Å². The highest BCUT2D eigenvalue weighted by Gasteiger charge is 2.40. The summed E-state index contributed by atoms with van der Waals surface area (Å²) in [4.78, 5) is 0. The molecule has 0 atom stereocenters. The van der Waals surface area contributed by atoms with Gasteiger partial charge in [0.15, 0.2) is 0 Å². The molecule has 1 saturated heterocycles. The zero-order chi connectivity index (χ0) is 13.3. The SMILES string of the molecule is Brc1ccccc1CC1(c2ccccc2Br)CNC1. The topological polar surface area (TPSA) is 12.0 Å². The van der Waals surface area contributed by atoms with Crippen molar-refractivity contribution in [1.82, 2.24) is 5.32 Å². The lowest BCUT2D eigenvalue weighted by Crippen LogP contribution is -2.58. The minimum absolute atomic E-state index is 0.212. The second kappa shape index (κ2) is 5.39. The average Bonchev–Trinajstić information content (AvgIpc) is 2.37. The van der Waals surface area contributed by atoms with Crippen LogP contribution in [-0.4, -0.2) is 13.1 Å². The van der Waals surface area contributed by atoms with Crippen LogP contribution < -0.4 is 5.32 Å². The van der Waals surface area contributed by atoms with Crippen molar-refractivity contribution in [2.24, 2.45) is 0 Å². The molecule has 0 saturated carbocycles. The molecule has 2 aromatic carbocycles. The van der Waals surface area contributed by atoms with Gasteiger partial charge in [-0.15, -0.1) is 0 Å². The minimum atomic E-state index is 0.212. The van der Waals surface area contributed by atoms with Crippen LogP contribution in [0.3, 0.4) is 0 Å². The van der Waals surface area contributed by atoms with E-state index < -0.39 is 0 Å². The van der Waals surface area contributed by atoms with E-state index >= 15 is 0 Å². The Kier molecular flexibility index (Phi) is 3.79. The van der Waals surface area contributed by atoms with E-state index in [1.54, 1.807) is 0 Å². The molecule has 1 fully saturated rings. The van der Waals surface area contributed by atoms with Crippen molar-refractivity contribution in [1.29, 1.82) is 0 Å². The Morgan fingerprint density at radius 2 is 1.53 bits per heavy atom. The van der Waals surface area contributed by atoms with Crippen LogP contribution in [0.2, 0.25) is 0 Å². The van der Waals surface area contributed by atoms with Crippen LogP contribution in [0, 0.1) is 0 Å². The summed E-state index contributed by atoms with van der Waals surface area (Å²) in [5.74, 6) is 0. The summed E-state index contributed by atoms with van der Waals surface area (Å²) < 4.78 is 2.41. The van der Waals surface area contributed by atoms with Crippen LogP contribution in [0.25, 0.3) is 0 Å². The first-order chi connectivity index (χ1) is 9.21. The maximum absolute atomic E-state index is 3.70. The molecule has 2 aromatic rings. The highest BCUT2D eigenvalue weighted by molar-refractivity contribution is 9.10. The van der Waals surface area contributed by atoms with E-state index in [0.717, 1.165) is 19.5 Å². The Morgan fingerprint density at radius 3 is 2.11 bits per heavy atom. The third-order valence-corrected chi connectivity index (χ3v) is 5.32. The summed E-state index contributed by atoms with van der Waals surface area (Å²) in [5.41, 5.74) is 2.99. The molecule has 19 heavy (non-hydrogen) atoms. The monoisotopic (exact) mass is 379 g/mol. The minimum Gasteiger partial charge on any atom is -0.315 e. The van der Waals surface area contributed by atoms with Gasteiger partial charge in [-0.3, -0.25) is 0 Å². The van der Waals surface area contributed by atoms with E-state index in [0.29, 0.717) is 0 Å². The fraction of sp³-hybridized carbons (Fsp3) is 0.250. The highest BCUT2D eigenvalue weighted by Crippen LogP contribution is 2.38. The van der Waals surface area contributed by atoms with Crippen LogP contribution in [0.4, 0.5) is 0 Å². The predicted molar refractivity (Wildman–Crippen MR) is 86.5 cm³/mol. The Hall–Kier alpha value is -0.640. The molecule has 0 aromatic heterocycles. The van der Waals surface area contributed by atoms with E-state index in [1.807, 2.05) is 0 Å². The second-order valence-electron chi connectivity index (χ2n) is 5.13. The Bertz CT molecular complexity index is 591. The predicted octanol–water partition coefficient (Wildman–Crippen LogP) is 4.30. The van der Waals surface area contributed by atoms with Crippen LogP contribution in [0.15, 0.2) is 57.5 Å². The molecule has 0 aliphatic carbocycles. The third kappa shape index (κ3) is 2.51. The van der Waals surface area contributed by atoms with Crippen molar-refractivity contribution in [3.05, 3.63) is 68.6 Å². The van der Waals surface area contributed by atoms with Crippen LogP contribution >= 0.6 is 31.9 Å². The van der Waals surface area contributed by atoms with Gasteiger partial charge >= 0.3 is 0 Å². The first-order valence-electron chi connectivity index (χ1n) is 6.40. The van der Waals surface area contributed by atoms with Crippen LogP contribution in [0.1, 0.15) is 11.1 Å². The molecule has 0 radical (unpaired) electrons. The number of hydrogen-bond acceptors (Lipinski definition) is 1. The molecule has 1 nitrogen and oxygen atoms in total. The molecule has 1 aliphatic rings. The van der Waals surface area contributed by atoms with Crippen molar-refractivity contribution < 1.29 is 0 Å². The molecule has 0 spiro atoms. The van der Waals surface area contributed by atoms with Gasteiger partial charge in [-0.05, 0) is 29.7 Å². The molecule has 3 rings (SSSR count). The standard InChI is InChI=1S/C16H15Br2N/c17-14-7-3-1-5-12(14)9-16(10-19-11-16)13-6-2-4-8-15(13)18/h1-8,19H,9-11H2. The van der Waals surface area contributed by atoms with Crippen LogP contribution in [0.5, 0.6) is 0 Å². The fourth-order valence-electron chi connectivity index (χ4n) is 2.74. The van der Waals surface area contributed by atoms with Crippen molar-refractivity contribution >= 4 is 31.9 Å². The van der Waals surface area contributed by atoms with Crippen molar-refractivity contribution in [3.63, 3.8) is 0 Å². The molecule has 98 valence electrons. The molecule has 1 N–H and O–H groups in total. The van der Waals surface area contributed by atoms with E-state index in [9.17, 15) is 0 Å².